The van der Waals surface area contributed by atoms with E-state index in [1.807, 2.05) is 42.6 Å². The Hall–Kier alpha value is -1.91. The lowest BCUT2D eigenvalue weighted by molar-refractivity contribution is 1.11. The average molecular weight is 424 g/mol. The highest BCUT2D eigenvalue weighted by Crippen LogP contribution is 2.25. The predicted octanol–water partition coefficient (Wildman–Crippen LogP) is 3.52. The highest BCUT2D eigenvalue weighted by atomic mass is 79.9. The summed E-state index contributed by atoms with van der Waals surface area (Å²) in [5.74, 6) is 0. The van der Waals surface area contributed by atoms with Crippen molar-refractivity contribution >= 4 is 38.6 Å². The molecule has 3 aromatic heterocycles. The first kappa shape index (κ1) is 16.5. The van der Waals surface area contributed by atoms with Crippen LogP contribution in [0.15, 0.2) is 33.8 Å². The first-order valence-corrected chi connectivity index (χ1v) is 7.09. The number of nitriles is 1. The van der Waals surface area contributed by atoms with Crippen LogP contribution in [-0.2, 0) is 0 Å². The second kappa shape index (κ2) is 6.07. The molecule has 0 aliphatic rings. The smallest absolute Gasteiger partial charge is 0.266 e. The number of pyridine rings is 2. The zero-order valence-electron chi connectivity index (χ0n) is 11.8. The molecule has 3 heterocycles. The standard InChI is InChI=1S/C15H11BrN4O.BrH/c1-8-12(5-11(6-17)15(21)19-8)10-3-4-13-18-9(2)14(16)20(13)7-10;/h3-5,7H,1-2H3,(H,19,21);1H. The van der Waals surface area contributed by atoms with Crippen LogP contribution in [-0.4, -0.2) is 14.4 Å². The van der Waals surface area contributed by atoms with Gasteiger partial charge in [0.2, 0.25) is 0 Å². The van der Waals surface area contributed by atoms with Crippen LogP contribution in [0.1, 0.15) is 17.0 Å². The highest BCUT2D eigenvalue weighted by Gasteiger charge is 2.11. The van der Waals surface area contributed by atoms with Crippen molar-refractivity contribution in [3.63, 3.8) is 0 Å². The molecule has 7 heteroatoms. The molecule has 0 unspecified atom stereocenters. The Bertz CT molecular complexity index is 966. The number of aromatic amines is 1. The highest BCUT2D eigenvalue weighted by molar-refractivity contribution is 9.10. The van der Waals surface area contributed by atoms with Gasteiger partial charge in [0.1, 0.15) is 21.9 Å². The Morgan fingerprint density at radius 3 is 2.77 bits per heavy atom. The van der Waals surface area contributed by atoms with Gasteiger partial charge in [0, 0.05) is 23.0 Å². The number of H-pyrrole nitrogens is 1. The molecule has 0 bridgehead atoms. The summed E-state index contributed by atoms with van der Waals surface area (Å²) in [7, 11) is 0. The van der Waals surface area contributed by atoms with E-state index in [0.29, 0.717) is 0 Å². The predicted molar refractivity (Wildman–Crippen MR) is 93.5 cm³/mol. The normalized spacial score (nSPS) is 10.3. The lowest BCUT2D eigenvalue weighted by atomic mass is 10.0. The fourth-order valence-electron chi connectivity index (χ4n) is 2.30. The molecular formula is C15H12Br2N4O. The molecule has 5 nitrogen and oxygen atoms in total. The third-order valence-corrected chi connectivity index (χ3v) is 4.34. The topological polar surface area (TPSA) is 73.9 Å². The van der Waals surface area contributed by atoms with Gasteiger partial charge >= 0.3 is 0 Å². The summed E-state index contributed by atoms with van der Waals surface area (Å²) in [5.41, 5.74) is 3.95. The van der Waals surface area contributed by atoms with Crippen LogP contribution in [0.3, 0.4) is 0 Å². The molecule has 22 heavy (non-hydrogen) atoms. The number of halogens is 2. The van der Waals surface area contributed by atoms with Gasteiger partial charge < -0.3 is 4.98 Å². The minimum absolute atomic E-state index is 0. The number of fused-ring (bicyclic) bond motifs is 1. The van der Waals surface area contributed by atoms with E-state index in [0.717, 1.165) is 32.8 Å². The fraction of sp³-hybridized carbons (Fsp3) is 0.133. The molecule has 1 N–H and O–H groups in total. The molecule has 0 spiro atoms. The van der Waals surface area contributed by atoms with Gasteiger partial charge in [-0.3, -0.25) is 9.20 Å². The zero-order chi connectivity index (χ0) is 15.1. The van der Waals surface area contributed by atoms with Gasteiger partial charge in [-0.2, -0.15) is 5.26 Å². The number of hydrogen-bond donors (Lipinski definition) is 1. The monoisotopic (exact) mass is 422 g/mol. The molecule has 0 fully saturated rings. The first-order valence-electron chi connectivity index (χ1n) is 6.30. The lowest BCUT2D eigenvalue weighted by Crippen LogP contribution is -2.12. The van der Waals surface area contributed by atoms with Gasteiger partial charge in [-0.05, 0) is 48.0 Å². The van der Waals surface area contributed by atoms with E-state index in [9.17, 15) is 4.79 Å². The third kappa shape index (κ3) is 2.60. The van der Waals surface area contributed by atoms with E-state index in [2.05, 4.69) is 25.9 Å². The summed E-state index contributed by atoms with van der Waals surface area (Å²) >= 11 is 3.51. The van der Waals surface area contributed by atoms with Crippen molar-refractivity contribution in [2.24, 2.45) is 0 Å². The molecule has 0 aliphatic heterocycles. The molecule has 0 saturated carbocycles. The summed E-state index contributed by atoms with van der Waals surface area (Å²) in [6, 6.07) is 7.36. The minimum atomic E-state index is -0.362. The molecule has 0 amide bonds. The molecule has 0 aromatic carbocycles. The number of nitrogens with zero attached hydrogens (tertiary/aromatic N) is 3. The van der Waals surface area contributed by atoms with Crippen LogP contribution in [0.4, 0.5) is 0 Å². The van der Waals surface area contributed by atoms with Gasteiger partial charge in [-0.15, -0.1) is 17.0 Å². The van der Waals surface area contributed by atoms with Crippen molar-refractivity contribution in [2.45, 2.75) is 13.8 Å². The van der Waals surface area contributed by atoms with Crippen molar-refractivity contribution in [3.05, 3.63) is 56.3 Å². The SMILES string of the molecule is Br.Cc1nc2ccc(-c3cc(C#N)c(=O)[nH]c3C)cn2c1Br. The van der Waals surface area contributed by atoms with Crippen LogP contribution in [0, 0.1) is 25.2 Å². The molecule has 3 rings (SSSR count). The van der Waals surface area contributed by atoms with E-state index >= 15 is 0 Å². The van der Waals surface area contributed by atoms with Crippen LogP contribution in [0.25, 0.3) is 16.8 Å². The Balaban J connectivity index is 0.00000176. The summed E-state index contributed by atoms with van der Waals surface area (Å²) in [5, 5.41) is 9.01. The summed E-state index contributed by atoms with van der Waals surface area (Å²) < 4.78 is 2.82. The van der Waals surface area contributed by atoms with Crippen molar-refractivity contribution < 1.29 is 0 Å². The third-order valence-electron chi connectivity index (χ3n) is 3.39. The largest absolute Gasteiger partial charge is 0.325 e. The molecule has 3 aromatic rings. The molecule has 112 valence electrons. The minimum Gasteiger partial charge on any atom is -0.325 e. The number of aromatic nitrogens is 3. The maximum Gasteiger partial charge on any atom is 0.266 e. The summed E-state index contributed by atoms with van der Waals surface area (Å²) in [4.78, 5) is 18.8. The van der Waals surface area contributed by atoms with E-state index in [1.165, 1.54) is 0 Å². The van der Waals surface area contributed by atoms with E-state index < -0.39 is 0 Å². The first-order chi connectivity index (χ1) is 10.0. The Kier molecular flexibility index (Phi) is 4.54. The maximum atomic E-state index is 11.6. The summed E-state index contributed by atoms with van der Waals surface area (Å²) in [6.45, 7) is 3.74. The molecular weight excluding hydrogens is 412 g/mol. The number of rotatable bonds is 1. The quantitative estimate of drug-likeness (QED) is 0.650. The fourth-order valence-corrected chi connectivity index (χ4v) is 2.67. The van der Waals surface area contributed by atoms with Crippen molar-refractivity contribution in [3.8, 4) is 17.2 Å². The van der Waals surface area contributed by atoms with Crippen molar-refractivity contribution in [1.82, 2.24) is 14.4 Å². The van der Waals surface area contributed by atoms with E-state index in [4.69, 9.17) is 5.26 Å². The van der Waals surface area contributed by atoms with Crippen LogP contribution in [0.2, 0.25) is 0 Å². The maximum absolute atomic E-state index is 11.6. The Labute approximate surface area is 145 Å². The van der Waals surface area contributed by atoms with Gasteiger partial charge in [0.25, 0.3) is 5.56 Å². The molecule has 0 aliphatic carbocycles. The molecule has 0 radical (unpaired) electrons. The number of aryl methyl sites for hydroxylation is 2. The van der Waals surface area contributed by atoms with Gasteiger partial charge in [-0.1, -0.05) is 0 Å². The average Bonchev–Trinajstić information content (AvgIpc) is 2.74. The van der Waals surface area contributed by atoms with Crippen LogP contribution >= 0.6 is 32.9 Å². The second-order valence-corrected chi connectivity index (χ2v) is 5.55. The van der Waals surface area contributed by atoms with E-state index in [-0.39, 0.29) is 28.1 Å². The number of hydrogen-bond acceptors (Lipinski definition) is 3. The van der Waals surface area contributed by atoms with Crippen molar-refractivity contribution in [1.29, 1.82) is 5.26 Å². The van der Waals surface area contributed by atoms with Gasteiger partial charge in [0.05, 0.1) is 5.69 Å². The Morgan fingerprint density at radius 2 is 2.09 bits per heavy atom. The Morgan fingerprint density at radius 1 is 1.36 bits per heavy atom. The number of nitrogens with one attached hydrogen (secondary N) is 1. The van der Waals surface area contributed by atoms with Gasteiger partial charge in [-0.25, -0.2) is 4.98 Å². The number of imidazole rings is 1. The van der Waals surface area contributed by atoms with Crippen molar-refractivity contribution in [2.75, 3.05) is 0 Å². The van der Waals surface area contributed by atoms with Gasteiger partial charge in [0.15, 0.2) is 0 Å². The molecule has 0 atom stereocenters. The van der Waals surface area contributed by atoms with Crippen LogP contribution in [0.5, 0.6) is 0 Å². The lowest BCUT2D eigenvalue weighted by Gasteiger charge is -2.07. The van der Waals surface area contributed by atoms with Crippen LogP contribution < -0.4 is 5.56 Å². The zero-order valence-corrected chi connectivity index (χ0v) is 15.1. The molecule has 0 saturated heterocycles. The van der Waals surface area contributed by atoms with E-state index in [1.54, 1.807) is 6.07 Å². The summed E-state index contributed by atoms with van der Waals surface area (Å²) in [6.07, 6.45) is 1.93. The second-order valence-electron chi connectivity index (χ2n) is 4.80.